The molecule has 2 heterocycles. The Morgan fingerprint density at radius 1 is 0.865 bits per heavy atom. The van der Waals surface area contributed by atoms with E-state index in [0.717, 1.165) is 29.9 Å². The summed E-state index contributed by atoms with van der Waals surface area (Å²) in [6.45, 7) is 4.74. The highest BCUT2D eigenvalue weighted by molar-refractivity contribution is 5.90. The van der Waals surface area contributed by atoms with E-state index in [4.69, 9.17) is 14.0 Å². The molecule has 5 rings (SSSR count). The number of carbonyl (C=O) groups is 1. The van der Waals surface area contributed by atoms with Gasteiger partial charge in [-0.15, -0.1) is 0 Å². The first-order valence-electron chi connectivity index (χ1n) is 12.1. The summed E-state index contributed by atoms with van der Waals surface area (Å²) >= 11 is 0. The van der Waals surface area contributed by atoms with Crippen LogP contribution >= 0.6 is 0 Å². The van der Waals surface area contributed by atoms with E-state index < -0.39 is 0 Å². The van der Waals surface area contributed by atoms with Gasteiger partial charge in [0, 0.05) is 54.7 Å². The highest BCUT2D eigenvalue weighted by atomic mass is 16.5. The van der Waals surface area contributed by atoms with Crippen LogP contribution in [0.5, 0.6) is 11.5 Å². The highest BCUT2D eigenvalue weighted by Crippen LogP contribution is 2.30. The number of hydrogen-bond donors (Lipinski definition) is 1. The summed E-state index contributed by atoms with van der Waals surface area (Å²) in [7, 11) is 3.15. The standard InChI is InChI=1S/C28H29N5O4/c1-19-4-6-21(7-5-19)27-30-26(31-37-27)20-8-11-23(12-9-20)32-14-16-33(17-15-32)28(34)29-22-10-13-24(35-2)25(18-22)36-3/h4-13,18H,14-17H2,1-3H3,(H,29,34). The van der Waals surface area contributed by atoms with Gasteiger partial charge in [-0.3, -0.25) is 0 Å². The molecule has 190 valence electrons. The zero-order valence-corrected chi connectivity index (χ0v) is 21.1. The Balaban J connectivity index is 1.17. The van der Waals surface area contributed by atoms with Crippen LogP contribution in [0.25, 0.3) is 22.8 Å². The number of aromatic nitrogens is 2. The number of amides is 2. The summed E-state index contributed by atoms with van der Waals surface area (Å²) in [6, 6.07) is 21.3. The molecule has 0 unspecified atom stereocenters. The van der Waals surface area contributed by atoms with Crippen LogP contribution in [0.15, 0.2) is 71.3 Å². The summed E-state index contributed by atoms with van der Waals surface area (Å²) in [5, 5.41) is 7.09. The van der Waals surface area contributed by atoms with Gasteiger partial charge in [-0.1, -0.05) is 22.9 Å². The monoisotopic (exact) mass is 499 g/mol. The Bertz CT molecular complexity index is 1360. The van der Waals surface area contributed by atoms with Crippen LogP contribution < -0.4 is 19.7 Å². The predicted octanol–water partition coefficient (Wildman–Crippen LogP) is 5.08. The number of methoxy groups -OCH3 is 2. The van der Waals surface area contributed by atoms with Gasteiger partial charge in [0.15, 0.2) is 11.5 Å². The molecule has 1 aliphatic rings. The van der Waals surface area contributed by atoms with Gasteiger partial charge in [0.25, 0.3) is 5.89 Å². The molecule has 9 heteroatoms. The molecule has 9 nitrogen and oxygen atoms in total. The Kier molecular flexibility index (Phi) is 6.93. The van der Waals surface area contributed by atoms with Crippen LogP contribution in [0.3, 0.4) is 0 Å². The molecule has 0 bridgehead atoms. The number of nitrogens with one attached hydrogen (secondary N) is 1. The summed E-state index contributed by atoms with van der Waals surface area (Å²) in [4.78, 5) is 21.4. The number of anilines is 2. The average Bonchev–Trinajstić information content (AvgIpc) is 3.44. The fraction of sp³-hybridized carbons (Fsp3) is 0.250. The third-order valence-electron chi connectivity index (χ3n) is 6.42. The molecule has 1 N–H and O–H groups in total. The Morgan fingerprint density at radius 2 is 1.54 bits per heavy atom. The molecule has 0 spiro atoms. The SMILES string of the molecule is COc1ccc(NC(=O)N2CCN(c3ccc(-c4noc(-c5ccc(C)cc5)n4)cc3)CC2)cc1OC. The maximum Gasteiger partial charge on any atom is 0.321 e. The van der Waals surface area contributed by atoms with Gasteiger partial charge in [0.1, 0.15) is 0 Å². The largest absolute Gasteiger partial charge is 0.493 e. The van der Waals surface area contributed by atoms with Gasteiger partial charge < -0.3 is 29.1 Å². The molecule has 1 aliphatic heterocycles. The van der Waals surface area contributed by atoms with Gasteiger partial charge >= 0.3 is 6.03 Å². The molecular formula is C28H29N5O4. The molecule has 1 fully saturated rings. The lowest BCUT2D eigenvalue weighted by Crippen LogP contribution is -2.50. The first-order chi connectivity index (χ1) is 18.0. The lowest BCUT2D eigenvalue weighted by molar-refractivity contribution is 0.208. The summed E-state index contributed by atoms with van der Waals surface area (Å²) in [5.74, 6) is 2.24. The number of hydrogen-bond acceptors (Lipinski definition) is 7. The topological polar surface area (TPSA) is 93.0 Å². The average molecular weight is 500 g/mol. The molecule has 2 amide bonds. The van der Waals surface area contributed by atoms with Gasteiger partial charge in [0.05, 0.1) is 14.2 Å². The molecule has 37 heavy (non-hydrogen) atoms. The minimum atomic E-state index is -0.135. The first kappa shape index (κ1) is 24.2. The van der Waals surface area contributed by atoms with Crippen molar-refractivity contribution in [2.45, 2.75) is 6.92 Å². The molecule has 4 aromatic rings. The maximum atomic E-state index is 12.8. The second-order valence-electron chi connectivity index (χ2n) is 8.81. The van der Waals surface area contributed by atoms with Crippen molar-refractivity contribution >= 4 is 17.4 Å². The van der Waals surface area contributed by atoms with Crippen molar-refractivity contribution < 1.29 is 18.8 Å². The number of piperazine rings is 1. The first-order valence-corrected chi connectivity index (χ1v) is 12.1. The molecule has 0 aliphatic carbocycles. The van der Waals surface area contributed by atoms with Gasteiger partial charge in [-0.05, 0) is 55.5 Å². The highest BCUT2D eigenvalue weighted by Gasteiger charge is 2.22. The summed E-state index contributed by atoms with van der Waals surface area (Å²) < 4.78 is 16.0. The van der Waals surface area contributed by atoms with Crippen molar-refractivity contribution in [1.29, 1.82) is 0 Å². The zero-order chi connectivity index (χ0) is 25.8. The molecule has 3 aromatic carbocycles. The van der Waals surface area contributed by atoms with E-state index >= 15 is 0 Å². The Labute approximate surface area is 215 Å². The van der Waals surface area contributed by atoms with Crippen molar-refractivity contribution in [3.05, 3.63) is 72.3 Å². The molecule has 0 atom stereocenters. The minimum absolute atomic E-state index is 0.135. The van der Waals surface area contributed by atoms with Gasteiger partial charge in [-0.25, -0.2) is 4.79 Å². The molecular weight excluding hydrogens is 470 g/mol. The van der Waals surface area contributed by atoms with Crippen molar-refractivity contribution in [3.8, 4) is 34.3 Å². The van der Waals surface area contributed by atoms with Crippen LogP contribution in [0.1, 0.15) is 5.56 Å². The maximum absolute atomic E-state index is 12.8. The van der Waals surface area contributed by atoms with Gasteiger partial charge in [0.2, 0.25) is 5.82 Å². The van der Waals surface area contributed by atoms with Crippen LogP contribution in [0.2, 0.25) is 0 Å². The third kappa shape index (κ3) is 5.35. The van der Waals surface area contributed by atoms with Crippen LogP contribution in [-0.4, -0.2) is 61.5 Å². The number of aryl methyl sites for hydroxylation is 1. The lowest BCUT2D eigenvalue weighted by Gasteiger charge is -2.36. The van der Waals surface area contributed by atoms with E-state index in [-0.39, 0.29) is 6.03 Å². The second-order valence-corrected chi connectivity index (χ2v) is 8.81. The van der Waals surface area contributed by atoms with Crippen LogP contribution in [-0.2, 0) is 0 Å². The van der Waals surface area contributed by atoms with E-state index in [1.165, 1.54) is 5.56 Å². The van der Waals surface area contributed by atoms with Crippen LogP contribution in [0, 0.1) is 6.92 Å². The Hall–Kier alpha value is -4.53. The van der Waals surface area contributed by atoms with Gasteiger partial charge in [-0.2, -0.15) is 4.98 Å². The van der Waals surface area contributed by atoms with E-state index in [2.05, 4.69) is 32.5 Å². The smallest absolute Gasteiger partial charge is 0.321 e. The Morgan fingerprint density at radius 3 is 2.22 bits per heavy atom. The second kappa shape index (κ2) is 10.6. The number of carbonyl (C=O) groups excluding carboxylic acids is 1. The van der Waals surface area contributed by atoms with Crippen molar-refractivity contribution in [3.63, 3.8) is 0 Å². The number of nitrogens with zero attached hydrogens (tertiary/aromatic N) is 4. The number of urea groups is 1. The van der Waals surface area contributed by atoms with E-state index in [1.807, 2.05) is 48.2 Å². The molecule has 0 saturated carbocycles. The van der Waals surface area contributed by atoms with Crippen molar-refractivity contribution in [1.82, 2.24) is 15.0 Å². The third-order valence-corrected chi connectivity index (χ3v) is 6.42. The lowest BCUT2D eigenvalue weighted by atomic mass is 10.1. The van der Waals surface area contributed by atoms with E-state index in [9.17, 15) is 4.79 Å². The summed E-state index contributed by atoms with van der Waals surface area (Å²) in [5.41, 5.74) is 4.71. The van der Waals surface area contributed by atoms with E-state index in [1.54, 1.807) is 32.4 Å². The van der Waals surface area contributed by atoms with Crippen molar-refractivity contribution in [2.24, 2.45) is 0 Å². The number of ether oxygens (including phenoxy) is 2. The number of benzene rings is 3. The zero-order valence-electron chi connectivity index (χ0n) is 21.1. The van der Waals surface area contributed by atoms with Crippen molar-refractivity contribution in [2.75, 3.05) is 50.6 Å². The summed E-state index contributed by atoms with van der Waals surface area (Å²) in [6.07, 6.45) is 0. The number of rotatable bonds is 6. The quantitative estimate of drug-likeness (QED) is 0.395. The van der Waals surface area contributed by atoms with Crippen LogP contribution in [0.4, 0.5) is 16.2 Å². The molecule has 1 saturated heterocycles. The normalized spacial score (nSPS) is 13.4. The predicted molar refractivity (Wildman–Crippen MR) is 142 cm³/mol. The minimum Gasteiger partial charge on any atom is -0.493 e. The molecule has 1 aromatic heterocycles. The molecule has 0 radical (unpaired) electrons. The fourth-order valence-electron chi connectivity index (χ4n) is 4.26. The fourth-order valence-corrected chi connectivity index (χ4v) is 4.26. The van der Waals surface area contributed by atoms with E-state index in [0.29, 0.717) is 42.0 Å².